The molecule has 3 nitrogen and oxygen atoms in total. The van der Waals surface area contributed by atoms with Crippen LogP contribution in [0.4, 0.5) is 5.69 Å². The first-order chi connectivity index (χ1) is 11.1. The second kappa shape index (κ2) is 7.42. The monoisotopic (exact) mass is 429 g/mol. The minimum Gasteiger partial charge on any atom is -0.314 e. The number of carbonyl (C=O) groups is 1. The highest BCUT2D eigenvalue weighted by atomic mass is 79.9. The summed E-state index contributed by atoms with van der Waals surface area (Å²) in [7, 11) is -0.382. The van der Waals surface area contributed by atoms with Crippen LogP contribution in [0.15, 0.2) is 22.7 Å². The number of fused-ring (bicyclic) bond motifs is 1. The number of carbonyl (C=O) groups excluding carboxylic acids is 1. The van der Waals surface area contributed by atoms with Crippen molar-refractivity contribution < 1.29 is 9.00 Å². The lowest BCUT2D eigenvalue weighted by molar-refractivity contribution is -0.122. The number of hydrogen-bond acceptors (Lipinski definition) is 2. The predicted octanol–water partition coefficient (Wildman–Crippen LogP) is 4.55. The van der Waals surface area contributed by atoms with Crippen LogP contribution >= 0.6 is 15.9 Å². The molecule has 1 aromatic carbocycles. The van der Waals surface area contributed by atoms with Crippen molar-refractivity contribution in [2.75, 3.05) is 23.5 Å². The lowest BCUT2D eigenvalue weighted by Gasteiger charge is -2.28. The molecule has 0 aliphatic carbocycles. The molecule has 1 aliphatic rings. The highest BCUT2D eigenvalue weighted by Crippen LogP contribution is 2.48. The second-order valence-corrected chi connectivity index (χ2v) is 16.0. The molecule has 2 rings (SSSR count). The summed E-state index contributed by atoms with van der Waals surface area (Å²) in [6.07, 6.45) is 1.63. The Kier molecular flexibility index (Phi) is 6.14. The zero-order valence-electron chi connectivity index (χ0n) is 15.3. The summed E-state index contributed by atoms with van der Waals surface area (Å²) in [5.41, 5.74) is 1.33. The van der Waals surface area contributed by atoms with E-state index in [1.165, 1.54) is 0 Å². The van der Waals surface area contributed by atoms with E-state index < -0.39 is 24.3 Å². The smallest absolute Gasteiger partial charge is 0.238 e. The van der Waals surface area contributed by atoms with Gasteiger partial charge >= 0.3 is 0 Å². The Balaban J connectivity index is 2.38. The van der Waals surface area contributed by atoms with Gasteiger partial charge in [0.05, 0.1) is 5.41 Å². The first-order valence-corrected chi connectivity index (χ1v) is 14.5. The lowest BCUT2D eigenvalue weighted by atomic mass is 9.79. The molecule has 0 radical (unpaired) electrons. The molecule has 0 unspecified atom stereocenters. The average Bonchev–Trinajstić information content (AvgIpc) is 2.69. The Morgan fingerprint density at radius 3 is 2.54 bits per heavy atom. The maximum absolute atomic E-state index is 13.1. The molecule has 0 spiro atoms. The van der Waals surface area contributed by atoms with Crippen LogP contribution in [0.1, 0.15) is 25.3 Å². The molecule has 1 heterocycles. The van der Waals surface area contributed by atoms with Crippen molar-refractivity contribution >= 4 is 46.4 Å². The van der Waals surface area contributed by atoms with E-state index in [0.29, 0.717) is 11.5 Å². The van der Waals surface area contributed by atoms with Crippen molar-refractivity contribution in [3.8, 4) is 0 Å². The summed E-state index contributed by atoms with van der Waals surface area (Å²) < 4.78 is 13.8. The van der Waals surface area contributed by atoms with Crippen LogP contribution in [0.25, 0.3) is 0 Å². The van der Waals surface area contributed by atoms with Crippen molar-refractivity contribution in [2.45, 2.75) is 50.9 Å². The number of nitrogens with zero attached hydrogens (tertiary/aromatic N) is 1. The largest absolute Gasteiger partial charge is 0.314 e. The minimum absolute atomic E-state index is 0.0904. The van der Waals surface area contributed by atoms with E-state index in [-0.39, 0.29) is 5.91 Å². The fourth-order valence-electron chi connectivity index (χ4n) is 3.44. The average molecular weight is 430 g/mol. The highest BCUT2D eigenvalue weighted by Gasteiger charge is 2.51. The van der Waals surface area contributed by atoms with Crippen LogP contribution in [-0.2, 0) is 21.0 Å². The van der Waals surface area contributed by atoms with Crippen LogP contribution in [0, 0.1) is 0 Å². The van der Waals surface area contributed by atoms with Gasteiger partial charge in [-0.25, -0.2) is 0 Å². The molecule has 1 aliphatic heterocycles. The highest BCUT2D eigenvalue weighted by molar-refractivity contribution is 9.10. The van der Waals surface area contributed by atoms with Gasteiger partial charge in [-0.05, 0) is 24.6 Å². The van der Waals surface area contributed by atoms with Crippen molar-refractivity contribution in [3.05, 3.63) is 28.2 Å². The van der Waals surface area contributed by atoms with Gasteiger partial charge < -0.3 is 4.90 Å². The molecule has 1 aromatic rings. The van der Waals surface area contributed by atoms with E-state index in [0.717, 1.165) is 34.6 Å². The van der Waals surface area contributed by atoms with Gasteiger partial charge in [0.15, 0.2) is 0 Å². The first kappa shape index (κ1) is 19.9. The van der Waals surface area contributed by atoms with Crippen LogP contribution in [0.3, 0.4) is 0 Å². The number of benzene rings is 1. The number of anilines is 1. The van der Waals surface area contributed by atoms with Crippen molar-refractivity contribution in [3.63, 3.8) is 0 Å². The van der Waals surface area contributed by atoms with Gasteiger partial charge in [0.1, 0.15) is 0 Å². The first-order valence-electron chi connectivity index (χ1n) is 8.54. The summed E-state index contributed by atoms with van der Waals surface area (Å²) in [6, 6.07) is 6.96. The topological polar surface area (TPSA) is 37.4 Å². The molecular weight excluding hydrogens is 402 g/mol. The van der Waals surface area contributed by atoms with Gasteiger partial charge in [-0.15, -0.1) is 0 Å². The Morgan fingerprint density at radius 2 is 1.96 bits per heavy atom. The third-order valence-corrected chi connectivity index (χ3v) is 8.96. The predicted molar refractivity (Wildman–Crippen MR) is 110 cm³/mol. The van der Waals surface area contributed by atoms with Gasteiger partial charge in [-0.2, -0.15) is 0 Å². The van der Waals surface area contributed by atoms with Gasteiger partial charge in [-0.3, -0.25) is 9.00 Å². The van der Waals surface area contributed by atoms with Crippen LogP contribution in [-0.4, -0.2) is 36.7 Å². The molecule has 0 saturated carbocycles. The van der Waals surface area contributed by atoms with E-state index in [1.807, 2.05) is 25.2 Å². The number of rotatable bonds is 7. The maximum Gasteiger partial charge on any atom is 0.238 e. The third kappa shape index (κ3) is 3.86. The van der Waals surface area contributed by atoms with Crippen molar-refractivity contribution in [1.82, 2.24) is 0 Å². The summed E-state index contributed by atoms with van der Waals surface area (Å²) in [5, 5.41) is 0. The van der Waals surface area contributed by atoms with Gasteiger partial charge in [-0.1, -0.05) is 55.0 Å². The molecule has 0 aromatic heterocycles. The number of halogens is 1. The standard InChI is InChI=1S/C18H28BrNO2SSi/c1-6-10-18(13-23(22)11-12-24(3,4)5)16-14(19)8-7-9-15(16)20(2)17(18)21/h7-9H,6,10-13H2,1-5H3/t18-,23-/m0/s1. The SMILES string of the molecule is CCC[C@@]1(C[S@@](=O)CC[Si](C)(C)C)C(=O)N(C)c2cccc(Br)c21. The number of amides is 1. The zero-order chi connectivity index (χ0) is 18.1. The Hall–Kier alpha value is -0.463. The van der Waals surface area contributed by atoms with Gasteiger partial charge in [0.25, 0.3) is 0 Å². The number of likely N-dealkylation sites (N-methyl/N-ethyl adjacent to an activating group) is 1. The molecule has 0 saturated heterocycles. The molecular formula is C18H28BrNO2SSi. The summed E-state index contributed by atoms with van der Waals surface area (Å²) in [5.74, 6) is 1.23. The molecule has 24 heavy (non-hydrogen) atoms. The molecule has 2 atom stereocenters. The Bertz CT molecular complexity index is 659. The van der Waals surface area contributed by atoms with Crippen LogP contribution in [0.5, 0.6) is 0 Å². The molecule has 6 heteroatoms. The van der Waals surface area contributed by atoms with Gasteiger partial charge in [0, 0.05) is 53.2 Å². The van der Waals surface area contributed by atoms with E-state index in [1.54, 1.807) is 4.90 Å². The second-order valence-electron chi connectivity index (χ2n) is 7.93. The quantitative estimate of drug-likeness (QED) is 0.595. The zero-order valence-corrected chi connectivity index (χ0v) is 18.7. The van der Waals surface area contributed by atoms with Crippen molar-refractivity contribution in [1.29, 1.82) is 0 Å². The number of hydrogen-bond donors (Lipinski definition) is 0. The van der Waals surface area contributed by atoms with E-state index >= 15 is 0 Å². The molecule has 0 fully saturated rings. The summed E-state index contributed by atoms with van der Waals surface area (Å²) in [4.78, 5) is 14.9. The minimum atomic E-state index is -1.23. The normalized spacial score (nSPS) is 21.9. The maximum atomic E-state index is 13.1. The van der Waals surface area contributed by atoms with E-state index in [2.05, 4.69) is 42.5 Å². The fraction of sp³-hybridized carbons (Fsp3) is 0.611. The molecule has 1 amide bonds. The van der Waals surface area contributed by atoms with E-state index in [9.17, 15) is 9.00 Å². The molecule has 0 bridgehead atoms. The van der Waals surface area contributed by atoms with Gasteiger partial charge in [0.2, 0.25) is 5.91 Å². The summed E-state index contributed by atoms with van der Waals surface area (Å²) in [6.45, 7) is 8.99. The Morgan fingerprint density at radius 1 is 1.29 bits per heavy atom. The lowest BCUT2D eigenvalue weighted by Crippen LogP contribution is -2.43. The summed E-state index contributed by atoms with van der Waals surface area (Å²) >= 11 is 3.64. The van der Waals surface area contributed by atoms with Crippen molar-refractivity contribution in [2.24, 2.45) is 0 Å². The fourth-order valence-corrected chi connectivity index (χ4v) is 8.64. The third-order valence-electron chi connectivity index (χ3n) is 4.71. The molecule has 0 N–H and O–H groups in total. The Labute approximate surface area is 157 Å². The molecule has 134 valence electrons. The van der Waals surface area contributed by atoms with Crippen LogP contribution < -0.4 is 4.90 Å². The van der Waals surface area contributed by atoms with E-state index in [4.69, 9.17) is 0 Å². The van der Waals surface area contributed by atoms with Crippen LogP contribution in [0.2, 0.25) is 25.7 Å².